The summed E-state index contributed by atoms with van der Waals surface area (Å²) in [6.45, 7) is 3.14. The number of amides is 2. The number of carbonyl (C=O) groups is 2. The summed E-state index contributed by atoms with van der Waals surface area (Å²) in [7, 11) is 0. The molecule has 0 unspecified atom stereocenters. The average molecular weight is 530 g/mol. The first-order valence-electron chi connectivity index (χ1n) is 11.2. The van der Waals surface area contributed by atoms with Gasteiger partial charge in [0, 0.05) is 33.0 Å². The molecule has 1 N–H and O–H groups in total. The quantitative estimate of drug-likeness (QED) is 0.348. The molecule has 0 spiro atoms. The van der Waals surface area contributed by atoms with Crippen molar-refractivity contribution in [1.29, 1.82) is 0 Å². The van der Waals surface area contributed by atoms with Gasteiger partial charge in [0.15, 0.2) is 5.69 Å². The second kappa shape index (κ2) is 8.35. The molecule has 1 aliphatic rings. The largest absolute Gasteiger partial charge is 0.456 e. The van der Waals surface area contributed by atoms with Crippen LogP contribution in [-0.4, -0.2) is 38.3 Å². The van der Waals surface area contributed by atoms with E-state index in [0.29, 0.717) is 30.0 Å². The molecule has 9 heteroatoms. The minimum atomic E-state index is -0.368. The van der Waals surface area contributed by atoms with Crippen LogP contribution in [0.2, 0.25) is 0 Å². The van der Waals surface area contributed by atoms with Crippen molar-refractivity contribution >= 4 is 55.4 Å². The van der Waals surface area contributed by atoms with Crippen LogP contribution in [0.5, 0.6) is 0 Å². The van der Waals surface area contributed by atoms with Crippen molar-refractivity contribution in [3.05, 3.63) is 87.7 Å². The van der Waals surface area contributed by atoms with E-state index >= 15 is 0 Å². The highest BCUT2D eigenvalue weighted by Crippen LogP contribution is 2.31. The molecule has 1 aliphatic heterocycles. The lowest BCUT2D eigenvalue weighted by Crippen LogP contribution is -2.39. The van der Waals surface area contributed by atoms with Crippen molar-refractivity contribution in [2.45, 2.75) is 20.0 Å². The maximum absolute atomic E-state index is 13.2. The Morgan fingerprint density at radius 3 is 2.69 bits per heavy atom. The Balaban J connectivity index is 1.25. The van der Waals surface area contributed by atoms with E-state index in [9.17, 15) is 9.59 Å². The molecule has 3 aromatic carbocycles. The van der Waals surface area contributed by atoms with Gasteiger partial charge < -0.3 is 14.6 Å². The highest BCUT2D eigenvalue weighted by molar-refractivity contribution is 9.10. The van der Waals surface area contributed by atoms with E-state index in [1.54, 1.807) is 15.6 Å². The molecule has 35 heavy (non-hydrogen) atoms. The summed E-state index contributed by atoms with van der Waals surface area (Å²) in [5, 5.41) is 13.1. The first-order valence-corrected chi connectivity index (χ1v) is 12.0. The third kappa shape index (κ3) is 3.77. The number of furan rings is 1. The summed E-state index contributed by atoms with van der Waals surface area (Å²) in [5.74, 6) is -0.446. The Kier molecular flexibility index (Phi) is 5.14. The van der Waals surface area contributed by atoms with Gasteiger partial charge in [-0.05, 0) is 55.0 Å². The predicted octanol–water partition coefficient (Wildman–Crippen LogP) is 5.16. The molecule has 0 saturated heterocycles. The second-order valence-corrected chi connectivity index (χ2v) is 9.47. The Labute approximate surface area is 208 Å². The van der Waals surface area contributed by atoms with Crippen molar-refractivity contribution in [1.82, 2.24) is 19.9 Å². The molecule has 8 nitrogen and oxygen atoms in total. The summed E-state index contributed by atoms with van der Waals surface area (Å²) < 4.78 is 8.48. The van der Waals surface area contributed by atoms with Gasteiger partial charge in [0.2, 0.25) is 0 Å². The lowest BCUT2D eigenvalue weighted by Gasteiger charge is -2.28. The van der Waals surface area contributed by atoms with Gasteiger partial charge >= 0.3 is 0 Å². The fourth-order valence-corrected chi connectivity index (χ4v) is 5.00. The molecule has 0 radical (unpaired) electrons. The van der Waals surface area contributed by atoms with Crippen molar-refractivity contribution in [2.24, 2.45) is 0 Å². The highest BCUT2D eigenvalue weighted by atomic mass is 79.9. The van der Waals surface area contributed by atoms with Crippen molar-refractivity contribution < 1.29 is 14.0 Å². The molecule has 6 rings (SSSR count). The van der Waals surface area contributed by atoms with Crippen LogP contribution in [-0.2, 0) is 13.1 Å². The van der Waals surface area contributed by atoms with Crippen LogP contribution in [0.1, 0.15) is 32.1 Å². The maximum atomic E-state index is 13.2. The molecule has 3 heterocycles. The summed E-state index contributed by atoms with van der Waals surface area (Å²) in [6, 6.07) is 18.9. The van der Waals surface area contributed by atoms with Gasteiger partial charge in [0.05, 0.1) is 18.8 Å². The third-order valence-corrected chi connectivity index (χ3v) is 6.81. The Bertz CT molecular complexity index is 1640. The van der Waals surface area contributed by atoms with Crippen molar-refractivity contribution in [3.63, 3.8) is 0 Å². The van der Waals surface area contributed by atoms with Crippen LogP contribution >= 0.6 is 15.9 Å². The summed E-state index contributed by atoms with van der Waals surface area (Å²) >= 11 is 3.44. The van der Waals surface area contributed by atoms with E-state index in [0.717, 1.165) is 32.0 Å². The zero-order chi connectivity index (χ0) is 24.1. The lowest BCUT2D eigenvalue weighted by atomic mass is 10.1. The summed E-state index contributed by atoms with van der Waals surface area (Å²) in [4.78, 5) is 28.1. The molecule has 174 valence electrons. The number of hydrogen-bond donors (Lipinski definition) is 1. The number of benzene rings is 3. The molecule has 0 bridgehead atoms. The van der Waals surface area contributed by atoms with E-state index < -0.39 is 0 Å². The monoisotopic (exact) mass is 529 g/mol. The van der Waals surface area contributed by atoms with Crippen LogP contribution in [0.25, 0.3) is 21.9 Å². The molecular weight excluding hydrogens is 510 g/mol. The van der Waals surface area contributed by atoms with Gasteiger partial charge in [-0.15, -0.1) is 5.10 Å². The van der Waals surface area contributed by atoms with Crippen LogP contribution in [0.15, 0.2) is 69.6 Å². The lowest BCUT2D eigenvalue weighted by molar-refractivity contribution is 0.0702. The van der Waals surface area contributed by atoms with Gasteiger partial charge in [0.25, 0.3) is 11.8 Å². The number of aryl methyl sites for hydroxylation is 1. The number of rotatable bonds is 3. The molecule has 0 atom stereocenters. The van der Waals surface area contributed by atoms with E-state index in [1.807, 2.05) is 61.5 Å². The van der Waals surface area contributed by atoms with Crippen LogP contribution < -0.4 is 5.32 Å². The zero-order valence-corrected chi connectivity index (χ0v) is 20.4. The number of hydrogen-bond acceptors (Lipinski definition) is 5. The number of nitrogens with one attached hydrogen (secondary N) is 1. The van der Waals surface area contributed by atoms with Gasteiger partial charge in [-0.2, -0.15) is 0 Å². The highest BCUT2D eigenvalue weighted by Gasteiger charge is 2.29. The summed E-state index contributed by atoms with van der Waals surface area (Å²) in [6.07, 6.45) is 0. The van der Waals surface area contributed by atoms with Crippen LogP contribution in [0.4, 0.5) is 5.69 Å². The molecule has 2 aromatic heterocycles. The Hall–Kier alpha value is -3.98. The SMILES string of the molecule is Cc1cc(Br)ccc1C(=O)N1CCn2nnc(C(=O)Nc3ccc4oc5ccccc5c4c3)c2C1. The number of carbonyl (C=O) groups excluding carboxylic acids is 2. The molecule has 0 fully saturated rings. The fraction of sp³-hybridized carbons (Fsp3) is 0.154. The molecule has 2 amide bonds. The van der Waals surface area contributed by atoms with Crippen molar-refractivity contribution in [2.75, 3.05) is 11.9 Å². The van der Waals surface area contributed by atoms with E-state index in [-0.39, 0.29) is 24.1 Å². The predicted molar refractivity (Wildman–Crippen MR) is 135 cm³/mol. The zero-order valence-electron chi connectivity index (χ0n) is 18.8. The number of para-hydroxylation sites is 1. The van der Waals surface area contributed by atoms with Crippen molar-refractivity contribution in [3.8, 4) is 0 Å². The number of fused-ring (bicyclic) bond motifs is 4. The molecule has 5 aromatic rings. The smallest absolute Gasteiger partial charge is 0.278 e. The average Bonchev–Trinajstić information content (AvgIpc) is 3.44. The standard InChI is InChI=1S/C26H20BrN5O3/c1-15-12-16(27)6-8-18(15)26(34)31-10-11-32-21(14-31)24(29-30-32)25(33)28-17-7-9-23-20(13-17)19-4-2-3-5-22(19)35-23/h2-9,12-13H,10-11,14H2,1H3,(H,28,33). The van der Waals surface area contributed by atoms with Crippen LogP contribution in [0, 0.1) is 6.92 Å². The Morgan fingerprint density at radius 1 is 1.00 bits per heavy atom. The summed E-state index contributed by atoms with van der Waals surface area (Å²) in [5.41, 5.74) is 4.54. The third-order valence-electron chi connectivity index (χ3n) is 6.32. The topological polar surface area (TPSA) is 93.3 Å². The van der Waals surface area contributed by atoms with Crippen LogP contribution in [0.3, 0.4) is 0 Å². The van der Waals surface area contributed by atoms with Gasteiger partial charge in [-0.3, -0.25) is 9.59 Å². The molecular formula is C26H20BrN5O3. The van der Waals surface area contributed by atoms with Gasteiger partial charge in [-0.1, -0.05) is 39.3 Å². The maximum Gasteiger partial charge on any atom is 0.278 e. The molecule has 0 aliphatic carbocycles. The number of halogens is 1. The fourth-order valence-electron chi connectivity index (χ4n) is 4.53. The second-order valence-electron chi connectivity index (χ2n) is 8.56. The van der Waals surface area contributed by atoms with Gasteiger partial charge in [0.1, 0.15) is 11.2 Å². The minimum absolute atomic E-state index is 0.0777. The van der Waals surface area contributed by atoms with E-state index in [4.69, 9.17) is 4.42 Å². The van der Waals surface area contributed by atoms with E-state index in [2.05, 4.69) is 31.6 Å². The van der Waals surface area contributed by atoms with Gasteiger partial charge in [-0.25, -0.2) is 4.68 Å². The first kappa shape index (κ1) is 21.5. The number of aromatic nitrogens is 3. The number of nitrogens with zero attached hydrogens (tertiary/aromatic N) is 4. The minimum Gasteiger partial charge on any atom is -0.456 e. The van der Waals surface area contributed by atoms with E-state index in [1.165, 1.54) is 0 Å². The molecule has 0 saturated carbocycles. The number of anilines is 1. The first-order chi connectivity index (χ1) is 17.0. The Morgan fingerprint density at radius 2 is 1.83 bits per heavy atom. The normalized spacial score (nSPS) is 13.3.